The summed E-state index contributed by atoms with van der Waals surface area (Å²) < 4.78 is 24.9. The molecule has 0 aromatic heterocycles. The molecule has 0 amide bonds. The third kappa shape index (κ3) is 5.71. The van der Waals surface area contributed by atoms with Gasteiger partial charge in [-0.1, -0.05) is 37.6 Å². The first-order chi connectivity index (χ1) is 10.1. The summed E-state index contributed by atoms with van der Waals surface area (Å²) in [7, 11) is 0. The van der Waals surface area contributed by atoms with Crippen molar-refractivity contribution in [2.75, 3.05) is 26.2 Å². The van der Waals surface area contributed by atoms with E-state index in [9.17, 15) is 8.78 Å². The van der Waals surface area contributed by atoms with Gasteiger partial charge in [0.25, 0.3) is 6.43 Å². The Hall–Kier alpha value is -1.00. The number of benzene rings is 1. The minimum atomic E-state index is -2.38. The third-order valence-electron chi connectivity index (χ3n) is 4.07. The van der Waals surface area contributed by atoms with Crippen molar-refractivity contribution in [1.82, 2.24) is 10.2 Å². The molecule has 0 aliphatic carbocycles. The second-order valence-electron chi connectivity index (χ2n) is 6.14. The maximum atomic E-state index is 12.5. The van der Waals surface area contributed by atoms with Gasteiger partial charge in [0.1, 0.15) is 0 Å². The standard InChI is InChI=1S/C17H26F2N2/c1-14(13-21-9-3-2-4-10-21)11-20-12-15-5-7-16(8-6-15)17(18)19/h5-8,14,17,20H,2-4,9-13H2,1H3. The summed E-state index contributed by atoms with van der Waals surface area (Å²) in [6, 6.07) is 6.59. The van der Waals surface area contributed by atoms with E-state index in [4.69, 9.17) is 0 Å². The van der Waals surface area contributed by atoms with E-state index in [-0.39, 0.29) is 5.56 Å². The van der Waals surface area contributed by atoms with Crippen molar-refractivity contribution < 1.29 is 8.78 Å². The van der Waals surface area contributed by atoms with Crippen LogP contribution < -0.4 is 5.32 Å². The third-order valence-corrected chi connectivity index (χ3v) is 4.07. The van der Waals surface area contributed by atoms with Gasteiger partial charge >= 0.3 is 0 Å². The highest BCUT2D eigenvalue weighted by Gasteiger charge is 2.13. The fourth-order valence-corrected chi connectivity index (χ4v) is 2.89. The Kier molecular flexibility index (Phi) is 6.58. The van der Waals surface area contributed by atoms with Gasteiger partial charge in [-0.3, -0.25) is 0 Å². The van der Waals surface area contributed by atoms with Gasteiger partial charge in [-0.2, -0.15) is 0 Å². The van der Waals surface area contributed by atoms with E-state index >= 15 is 0 Å². The van der Waals surface area contributed by atoms with Crippen LogP contribution in [-0.2, 0) is 6.54 Å². The topological polar surface area (TPSA) is 15.3 Å². The predicted molar refractivity (Wildman–Crippen MR) is 82.6 cm³/mol. The minimum Gasteiger partial charge on any atom is -0.312 e. The van der Waals surface area contributed by atoms with Crippen molar-refractivity contribution in [1.29, 1.82) is 0 Å². The van der Waals surface area contributed by atoms with Crippen LogP contribution in [0, 0.1) is 5.92 Å². The van der Waals surface area contributed by atoms with Gasteiger partial charge in [0.05, 0.1) is 0 Å². The maximum absolute atomic E-state index is 12.5. The van der Waals surface area contributed by atoms with Crippen LogP contribution >= 0.6 is 0 Å². The van der Waals surface area contributed by atoms with Gasteiger partial charge < -0.3 is 10.2 Å². The van der Waals surface area contributed by atoms with E-state index in [2.05, 4.69) is 17.1 Å². The van der Waals surface area contributed by atoms with E-state index in [0.29, 0.717) is 5.92 Å². The Labute approximate surface area is 126 Å². The summed E-state index contributed by atoms with van der Waals surface area (Å²) in [5.41, 5.74) is 1.15. The average molecular weight is 296 g/mol. The molecule has 21 heavy (non-hydrogen) atoms. The van der Waals surface area contributed by atoms with Gasteiger partial charge in [0, 0.05) is 18.7 Å². The summed E-state index contributed by atoms with van der Waals surface area (Å²) in [4.78, 5) is 2.55. The monoisotopic (exact) mass is 296 g/mol. The fourth-order valence-electron chi connectivity index (χ4n) is 2.89. The number of nitrogens with zero attached hydrogens (tertiary/aromatic N) is 1. The SMILES string of the molecule is CC(CNCc1ccc(C(F)F)cc1)CN1CCCCC1. The molecule has 0 bridgehead atoms. The zero-order valence-electron chi connectivity index (χ0n) is 12.8. The highest BCUT2D eigenvalue weighted by molar-refractivity contribution is 5.23. The number of hydrogen-bond donors (Lipinski definition) is 1. The highest BCUT2D eigenvalue weighted by Crippen LogP contribution is 2.18. The number of alkyl halides is 2. The molecule has 1 N–H and O–H groups in total. The van der Waals surface area contributed by atoms with Crippen molar-refractivity contribution in [2.24, 2.45) is 5.92 Å². The minimum absolute atomic E-state index is 0.0946. The first kappa shape index (κ1) is 16.4. The number of rotatable bonds is 7. The van der Waals surface area contributed by atoms with Gasteiger partial charge in [-0.15, -0.1) is 0 Å². The van der Waals surface area contributed by atoms with Gasteiger partial charge in [-0.05, 0) is 44.0 Å². The smallest absolute Gasteiger partial charge is 0.263 e. The van der Waals surface area contributed by atoms with Crippen molar-refractivity contribution in [3.8, 4) is 0 Å². The Balaban J connectivity index is 1.66. The first-order valence-corrected chi connectivity index (χ1v) is 7.95. The van der Waals surface area contributed by atoms with Crippen LogP contribution in [-0.4, -0.2) is 31.1 Å². The molecule has 1 aliphatic heterocycles. The Morgan fingerprint density at radius 3 is 2.38 bits per heavy atom. The second-order valence-corrected chi connectivity index (χ2v) is 6.14. The lowest BCUT2D eigenvalue weighted by atomic mass is 10.1. The van der Waals surface area contributed by atoms with E-state index < -0.39 is 6.43 Å². The molecule has 1 unspecified atom stereocenters. The molecule has 1 fully saturated rings. The van der Waals surface area contributed by atoms with Crippen LogP contribution in [0.1, 0.15) is 43.7 Å². The van der Waals surface area contributed by atoms with E-state index in [1.54, 1.807) is 12.1 Å². The van der Waals surface area contributed by atoms with Crippen LogP contribution in [0.2, 0.25) is 0 Å². The Morgan fingerprint density at radius 2 is 1.76 bits per heavy atom. The molecule has 0 spiro atoms. The second kappa shape index (κ2) is 8.44. The molecule has 1 aromatic rings. The summed E-state index contributed by atoms with van der Waals surface area (Å²) in [5, 5.41) is 3.43. The predicted octanol–water partition coefficient (Wildman–Crippen LogP) is 3.84. The molecule has 1 saturated heterocycles. The van der Waals surface area contributed by atoms with Crippen LogP contribution in [0.5, 0.6) is 0 Å². The molecule has 1 atom stereocenters. The molecular weight excluding hydrogens is 270 g/mol. The zero-order chi connectivity index (χ0) is 15.1. The number of halogens is 2. The Bertz CT molecular complexity index is 400. The summed E-state index contributed by atoms with van der Waals surface area (Å²) >= 11 is 0. The lowest BCUT2D eigenvalue weighted by Crippen LogP contribution is -2.36. The number of likely N-dealkylation sites (tertiary alicyclic amines) is 1. The van der Waals surface area contributed by atoms with Gasteiger partial charge in [0.15, 0.2) is 0 Å². The normalized spacial score (nSPS) is 18.1. The Morgan fingerprint density at radius 1 is 1.10 bits per heavy atom. The van der Waals surface area contributed by atoms with Crippen LogP contribution in [0.15, 0.2) is 24.3 Å². The first-order valence-electron chi connectivity index (χ1n) is 7.95. The lowest BCUT2D eigenvalue weighted by Gasteiger charge is -2.29. The fraction of sp³-hybridized carbons (Fsp3) is 0.647. The van der Waals surface area contributed by atoms with Crippen LogP contribution in [0.25, 0.3) is 0 Å². The highest BCUT2D eigenvalue weighted by atomic mass is 19.3. The summed E-state index contributed by atoms with van der Waals surface area (Å²) in [6.07, 6.45) is 1.65. The van der Waals surface area contributed by atoms with Crippen molar-refractivity contribution in [2.45, 2.75) is 39.2 Å². The summed E-state index contributed by atoms with van der Waals surface area (Å²) in [6.45, 7) is 7.60. The quantitative estimate of drug-likeness (QED) is 0.822. The van der Waals surface area contributed by atoms with E-state index in [1.807, 2.05) is 0 Å². The van der Waals surface area contributed by atoms with Gasteiger partial charge in [0.2, 0.25) is 0 Å². The molecule has 0 saturated carbocycles. The summed E-state index contributed by atoms with van der Waals surface area (Å²) in [5.74, 6) is 0.614. The van der Waals surface area contributed by atoms with Crippen molar-refractivity contribution in [3.63, 3.8) is 0 Å². The lowest BCUT2D eigenvalue weighted by molar-refractivity contribution is 0.151. The van der Waals surface area contributed by atoms with Gasteiger partial charge in [-0.25, -0.2) is 8.78 Å². The molecule has 1 aliphatic rings. The molecule has 2 rings (SSSR count). The van der Waals surface area contributed by atoms with Crippen molar-refractivity contribution in [3.05, 3.63) is 35.4 Å². The van der Waals surface area contributed by atoms with E-state index in [0.717, 1.165) is 25.2 Å². The van der Waals surface area contributed by atoms with Crippen molar-refractivity contribution >= 4 is 0 Å². The molecule has 1 aromatic carbocycles. The number of piperidine rings is 1. The van der Waals surface area contributed by atoms with Crippen LogP contribution in [0.3, 0.4) is 0 Å². The largest absolute Gasteiger partial charge is 0.312 e. The molecule has 118 valence electrons. The maximum Gasteiger partial charge on any atom is 0.263 e. The molecule has 1 heterocycles. The molecule has 2 nitrogen and oxygen atoms in total. The van der Waals surface area contributed by atoms with Crippen LogP contribution in [0.4, 0.5) is 8.78 Å². The zero-order valence-corrected chi connectivity index (χ0v) is 12.8. The molecule has 4 heteroatoms. The van der Waals surface area contributed by atoms with E-state index in [1.165, 1.54) is 44.5 Å². The number of hydrogen-bond acceptors (Lipinski definition) is 2. The average Bonchev–Trinajstić information content (AvgIpc) is 2.49. The molecule has 0 radical (unpaired) electrons. The number of nitrogens with one attached hydrogen (secondary N) is 1. The molecular formula is C17H26F2N2.